The van der Waals surface area contributed by atoms with Gasteiger partial charge in [0, 0.05) is 45.1 Å². The van der Waals surface area contributed by atoms with E-state index in [-0.39, 0.29) is 0 Å². The van der Waals surface area contributed by atoms with Gasteiger partial charge in [0.25, 0.3) is 0 Å². The maximum absolute atomic E-state index is 4.46. The van der Waals surface area contributed by atoms with Gasteiger partial charge in [-0.1, -0.05) is 0 Å². The van der Waals surface area contributed by atoms with E-state index in [1.54, 1.807) is 4.68 Å². The lowest BCUT2D eigenvalue weighted by Crippen LogP contribution is -2.37. The average Bonchev–Trinajstić information content (AvgIpc) is 3.24. The summed E-state index contributed by atoms with van der Waals surface area (Å²) in [5.41, 5.74) is 0.971. The second-order valence-corrected chi connectivity index (χ2v) is 6.76. The number of imidazole rings is 1. The van der Waals surface area contributed by atoms with E-state index in [2.05, 4.69) is 36.8 Å². The molecule has 0 spiro atoms. The van der Waals surface area contributed by atoms with E-state index in [9.17, 15) is 0 Å². The van der Waals surface area contributed by atoms with Crippen molar-refractivity contribution in [3.8, 4) is 5.82 Å². The molecule has 130 valence electrons. The second kappa shape index (κ2) is 6.66. The molecular weight excluding hydrogens is 314 g/mol. The Balaban J connectivity index is 1.45. The molecule has 0 bridgehead atoms. The first-order valence-electron chi connectivity index (χ1n) is 8.76. The molecule has 1 fully saturated rings. The Labute approximate surface area is 147 Å². The minimum Gasteiger partial charge on any atom is -0.355 e. The predicted molar refractivity (Wildman–Crippen MR) is 95.7 cm³/mol. The summed E-state index contributed by atoms with van der Waals surface area (Å²) in [5.74, 6) is 3.45. The molecule has 25 heavy (non-hydrogen) atoms. The molecule has 7 nitrogen and oxygen atoms in total. The van der Waals surface area contributed by atoms with Crippen molar-refractivity contribution in [2.24, 2.45) is 13.0 Å². The SMILES string of the molecule is Cc1ccn(-c2ccc(N3CCC[C@@H](Cc4nccn4C)C3)nn2)n1. The van der Waals surface area contributed by atoms with Crippen LogP contribution in [0.25, 0.3) is 5.82 Å². The lowest BCUT2D eigenvalue weighted by atomic mass is 9.94. The van der Waals surface area contributed by atoms with Crippen molar-refractivity contribution in [1.29, 1.82) is 0 Å². The number of nitrogens with zero attached hydrogens (tertiary/aromatic N) is 7. The normalized spacial score (nSPS) is 17.8. The number of anilines is 1. The first-order valence-corrected chi connectivity index (χ1v) is 8.76. The Bertz CT molecular complexity index is 833. The van der Waals surface area contributed by atoms with Gasteiger partial charge in [0.1, 0.15) is 5.82 Å². The van der Waals surface area contributed by atoms with E-state index in [0.717, 1.165) is 42.7 Å². The fraction of sp³-hybridized carbons (Fsp3) is 0.444. The van der Waals surface area contributed by atoms with E-state index >= 15 is 0 Å². The zero-order chi connectivity index (χ0) is 17.2. The zero-order valence-corrected chi connectivity index (χ0v) is 14.7. The summed E-state index contributed by atoms with van der Waals surface area (Å²) in [5, 5.41) is 13.2. The third-order valence-electron chi connectivity index (χ3n) is 4.83. The van der Waals surface area contributed by atoms with Gasteiger partial charge in [0.05, 0.1) is 5.69 Å². The molecule has 0 amide bonds. The minimum absolute atomic E-state index is 0.602. The van der Waals surface area contributed by atoms with Gasteiger partial charge in [-0.15, -0.1) is 10.2 Å². The van der Waals surface area contributed by atoms with Crippen molar-refractivity contribution >= 4 is 5.82 Å². The lowest BCUT2D eigenvalue weighted by Gasteiger charge is -2.33. The summed E-state index contributed by atoms with van der Waals surface area (Å²) in [6.07, 6.45) is 9.22. The highest BCUT2D eigenvalue weighted by atomic mass is 15.4. The summed E-state index contributed by atoms with van der Waals surface area (Å²) >= 11 is 0. The Morgan fingerprint density at radius 2 is 1.96 bits per heavy atom. The summed E-state index contributed by atoms with van der Waals surface area (Å²) in [6.45, 7) is 4.00. The summed E-state index contributed by atoms with van der Waals surface area (Å²) < 4.78 is 3.87. The Kier molecular flexibility index (Phi) is 4.21. The third kappa shape index (κ3) is 3.40. The van der Waals surface area contributed by atoms with Crippen LogP contribution in [-0.2, 0) is 13.5 Å². The molecule has 0 radical (unpaired) electrons. The standard InChI is InChI=1S/C18H23N7/c1-14-7-10-25(22-14)17-6-5-16(20-21-17)24-9-3-4-15(13-24)12-18-19-8-11-23(18)2/h5-8,10-11,15H,3-4,9,12-13H2,1-2H3/t15-/m0/s1. The Morgan fingerprint density at radius 3 is 2.64 bits per heavy atom. The molecule has 0 saturated carbocycles. The molecule has 0 aliphatic carbocycles. The number of piperidine rings is 1. The Morgan fingerprint density at radius 1 is 1.12 bits per heavy atom. The van der Waals surface area contributed by atoms with Crippen LogP contribution >= 0.6 is 0 Å². The van der Waals surface area contributed by atoms with E-state index in [1.165, 1.54) is 12.8 Å². The molecule has 3 aromatic heterocycles. The topological polar surface area (TPSA) is 64.7 Å². The first kappa shape index (κ1) is 15.8. The van der Waals surface area contributed by atoms with Crippen LogP contribution < -0.4 is 4.90 Å². The molecule has 0 unspecified atom stereocenters. The highest BCUT2D eigenvalue weighted by molar-refractivity contribution is 5.40. The molecular formula is C18H23N7. The molecule has 1 atom stereocenters. The van der Waals surface area contributed by atoms with Gasteiger partial charge < -0.3 is 9.47 Å². The molecule has 7 heteroatoms. The van der Waals surface area contributed by atoms with Crippen molar-refractivity contribution < 1.29 is 0 Å². The van der Waals surface area contributed by atoms with Gasteiger partial charge in [-0.3, -0.25) is 0 Å². The zero-order valence-electron chi connectivity index (χ0n) is 14.7. The average molecular weight is 337 g/mol. The number of hydrogen-bond donors (Lipinski definition) is 0. The van der Waals surface area contributed by atoms with Crippen LogP contribution in [0.1, 0.15) is 24.4 Å². The highest BCUT2D eigenvalue weighted by Gasteiger charge is 2.22. The minimum atomic E-state index is 0.602. The van der Waals surface area contributed by atoms with Gasteiger partial charge in [-0.05, 0) is 43.9 Å². The van der Waals surface area contributed by atoms with E-state index in [1.807, 2.05) is 43.7 Å². The van der Waals surface area contributed by atoms with Crippen LogP contribution in [0.4, 0.5) is 5.82 Å². The molecule has 0 aromatic carbocycles. The maximum atomic E-state index is 4.46. The van der Waals surface area contributed by atoms with E-state index < -0.39 is 0 Å². The van der Waals surface area contributed by atoms with Crippen molar-refractivity contribution in [3.63, 3.8) is 0 Å². The van der Waals surface area contributed by atoms with Crippen LogP contribution in [-0.4, -0.2) is 42.6 Å². The van der Waals surface area contributed by atoms with Gasteiger partial charge in [0.15, 0.2) is 11.6 Å². The van der Waals surface area contributed by atoms with Crippen molar-refractivity contribution in [1.82, 2.24) is 29.5 Å². The molecule has 1 saturated heterocycles. The van der Waals surface area contributed by atoms with Crippen molar-refractivity contribution in [2.45, 2.75) is 26.2 Å². The van der Waals surface area contributed by atoms with Gasteiger partial charge in [-0.25, -0.2) is 9.67 Å². The van der Waals surface area contributed by atoms with Crippen LogP contribution in [0.15, 0.2) is 36.8 Å². The first-order chi connectivity index (χ1) is 12.2. The van der Waals surface area contributed by atoms with Gasteiger partial charge >= 0.3 is 0 Å². The van der Waals surface area contributed by atoms with Crippen LogP contribution in [0.3, 0.4) is 0 Å². The fourth-order valence-electron chi connectivity index (χ4n) is 3.44. The number of aryl methyl sites for hydroxylation is 2. The number of rotatable bonds is 4. The fourth-order valence-corrected chi connectivity index (χ4v) is 3.44. The number of aromatic nitrogens is 6. The molecule has 3 aromatic rings. The largest absolute Gasteiger partial charge is 0.355 e. The van der Waals surface area contributed by atoms with E-state index in [4.69, 9.17) is 0 Å². The molecule has 4 rings (SSSR count). The van der Waals surface area contributed by atoms with Gasteiger partial charge in [0.2, 0.25) is 0 Å². The van der Waals surface area contributed by atoms with Crippen LogP contribution in [0.2, 0.25) is 0 Å². The Hall–Kier alpha value is -2.70. The van der Waals surface area contributed by atoms with Crippen molar-refractivity contribution in [3.05, 3.63) is 48.3 Å². The maximum Gasteiger partial charge on any atom is 0.175 e. The van der Waals surface area contributed by atoms with Crippen LogP contribution in [0.5, 0.6) is 0 Å². The van der Waals surface area contributed by atoms with Gasteiger partial charge in [-0.2, -0.15) is 5.10 Å². The second-order valence-electron chi connectivity index (χ2n) is 6.76. The van der Waals surface area contributed by atoms with E-state index in [0.29, 0.717) is 5.92 Å². The van der Waals surface area contributed by atoms with Crippen molar-refractivity contribution in [2.75, 3.05) is 18.0 Å². The third-order valence-corrected chi connectivity index (χ3v) is 4.83. The molecule has 0 N–H and O–H groups in total. The summed E-state index contributed by atoms with van der Waals surface area (Å²) in [4.78, 5) is 6.80. The summed E-state index contributed by atoms with van der Waals surface area (Å²) in [7, 11) is 2.06. The quantitative estimate of drug-likeness (QED) is 0.730. The summed E-state index contributed by atoms with van der Waals surface area (Å²) in [6, 6.07) is 5.99. The van der Waals surface area contributed by atoms with Crippen LogP contribution in [0, 0.1) is 12.8 Å². The number of hydrogen-bond acceptors (Lipinski definition) is 5. The predicted octanol–water partition coefficient (Wildman–Crippen LogP) is 2.16. The molecule has 1 aliphatic heterocycles. The lowest BCUT2D eigenvalue weighted by molar-refractivity contribution is 0.401. The molecule has 4 heterocycles. The highest BCUT2D eigenvalue weighted by Crippen LogP contribution is 2.24. The molecule has 1 aliphatic rings. The smallest absolute Gasteiger partial charge is 0.175 e. The monoisotopic (exact) mass is 337 g/mol.